The van der Waals surface area contributed by atoms with Gasteiger partial charge in [0.05, 0.1) is 6.07 Å². The predicted octanol–water partition coefficient (Wildman–Crippen LogP) is 0.483. The lowest BCUT2D eigenvalue weighted by atomic mass is 10.4. The number of nitriles is 1. The van der Waals surface area contributed by atoms with Gasteiger partial charge in [0.15, 0.2) is 5.76 Å². The molecule has 1 aromatic rings. The van der Waals surface area contributed by atoms with Gasteiger partial charge >= 0.3 is 0 Å². The highest BCUT2D eigenvalue weighted by atomic mass is 32.2. The molecule has 0 bridgehead atoms. The molecule has 1 heterocycles. The van der Waals surface area contributed by atoms with Crippen molar-refractivity contribution in [1.82, 2.24) is 9.88 Å². The van der Waals surface area contributed by atoms with Crippen molar-refractivity contribution in [2.45, 2.75) is 25.2 Å². The molecule has 1 rings (SSSR count). The number of aromatic nitrogens is 1. The van der Waals surface area contributed by atoms with Crippen molar-refractivity contribution < 1.29 is 12.9 Å². The van der Waals surface area contributed by atoms with Crippen LogP contribution in [0.1, 0.15) is 17.9 Å². The summed E-state index contributed by atoms with van der Waals surface area (Å²) in [6, 6.07) is 1.85. The van der Waals surface area contributed by atoms with Crippen molar-refractivity contribution in [3.05, 3.63) is 11.5 Å². The van der Waals surface area contributed by atoms with E-state index in [-0.39, 0.29) is 23.6 Å². The van der Waals surface area contributed by atoms with Gasteiger partial charge < -0.3 is 4.52 Å². The van der Waals surface area contributed by atoms with E-state index in [9.17, 15) is 8.42 Å². The summed E-state index contributed by atoms with van der Waals surface area (Å²) in [6.45, 7) is 3.16. The molecule has 6 nitrogen and oxygen atoms in total. The van der Waals surface area contributed by atoms with E-state index in [0.29, 0.717) is 5.69 Å². The van der Waals surface area contributed by atoms with Gasteiger partial charge in [-0.15, -0.1) is 0 Å². The zero-order valence-corrected chi connectivity index (χ0v) is 9.26. The zero-order chi connectivity index (χ0) is 11.5. The molecule has 15 heavy (non-hydrogen) atoms. The van der Waals surface area contributed by atoms with E-state index in [2.05, 4.69) is 9.88 Å². The van der Waals surface area contributed by atoms with E-state index in [1.165, 1.54) is 6.92 Å². The molecule has 0 amide bonds. The second kappa shape index (κ2) is 4.42. The van der Waals surface area contributed by atoms with E-state index in [1.807, 2.05) is 6.07 Å². The van der Waals surface area contributed by atoms with Crippen LogP contribution < -0.4 is 4.72 Å². The van der Waals surface area contributed by atoms with Crippen LogP contribution in [0, 0.1) is 25.2 Å². The molecule has 0 saturated carbocycles. The standard InChI is InChI=1S/C8H11N3O3S/c1-6-8(7(2)14-11-6)15(12,13)10-5-3-4-9/h10H,3,5H2,1-2H3. The van der Waals surface area contributed by atoms with E-state index in [4.69, 9.17) is 9.78 Å². The number of rotatable bonds is 4. The molecule has 1 N–H and O–H groups in total. The fraction of sp³-hybridized carbons (Fsp3) is 0.500. The first-order chi connectivity index (χ1) is 6.99. The average molecular weight is 229 g/mol. The van der Waals surface area contributed by atoms with E-state index >= 15 is 0 Å². The molecule has 0 aromatic carbocycles. The van der Waals surface area contributed by atoms with Gasteiger partial charge in [0.1, 0.15) is 10.6 Å². The molecule has 7 heteroatoms. The Labute approximate surface area is 87.9 Å². The highest BCUT2D eigenvalue weighted by Gasteiger charge is 2.23. The molecular formula is C8H11N3O3S. The van der Waals surface area contributed by atoms with Gasteiger partial charge in [-0.05, 0) is 13.8 Å². The van der Waals surface area contributed by atoms with Crippen LogP contribution in [0.4, 0.5) is 0 Å². The summed E-state index contributed by atoms with van der Waals surface area (Å²) in [5, 5.41) is 11.8. The average Bonchev–Trinajstić information content (AvgIpc) is 2.46. The largest absolute Gasteiger partial charge is 0.360 e. The lowest BCUT2D eigenvalue weighted by Crippen LogP contribution is -2.25. The SMILES string of the molecule is Cc1noc(C)c1S(=O)(=O)NCCC#N. The minimum Gasteiger partial charge on any atom is -0.360 e. The van der Waals surface area contributed by atoms with Crippen LogP contribution in [0.2, 0.25) is 0 Å². The molecule has 0 aliphatic rings. The smallest absolute Gasteiger partial charge is 0.245 e. The lowest BCUT2D eigenvalue weighted by molar-refractivity contribution is 0.390. The van der Waals surface area contributed by atoms with E-state index in [1.54, 1.807) is 6.92 Å². The summed E-state index contributed by atoms with van der Waals surface area (Å²) >= 11 is 0. The minimum absolute atomic E-state index is 0.0560. The van der Waals surface area contributed by atoms with E-state index < -0.39 is 10.0 Å². The normalized spacial score (nSPS) is 11.3. The summed E-state index contributed by atoms with van der Waals surface area (Å²) in [5.74, 6) is 0.247. The van der Waals surface area contributed by atoms with Crippen molar-refractivity contribution in [2.24, 2.45) is 0 Å². The monoisotopic (exact) mass is 229 g/mol. The summed E-state index contributed by atoms with van der Waals surface area (Å²) in [5.41, 5.74) is 0.317. The van der Waals surface area contributed by atoms with E-state index in [0.717, 1.165) is 0 Å². The number of hydrogen-bond acceptors (Lipinski definition) is 5. The van der Waals surface area contributed by atoms with Crippen molar-refractivity contribution in [3.8, 4) is 6.07 Å². The summed E-state index contributed by atoms with van der Waals surface area (Å²) in [7, 11) is -3.61. The molecule has 0 spiro atoms. The topological polar surface area (TPSA) is 96.0 Å². The Morgan fingerprint density at radius 2 is 2.20 bits per heavy atom. The molecule has 1 aromatic heterocycles. The molecule has 0 unspecified atom stereocenters. The summed E-state index contributed by atoms with van der Waals surface area (Å²) in [4.78, 5) is 0.0560. The Kier molecular flexibility index (Phi) is 3.44. The van der Waals surface area contributed by atoms with Crippen LogP contribution in [0.5, 0.6) is 0 Å². The van der Waals surface area contributed by atoms with Crippen LogP contribution in [-0.4, -0.2) is 20.1 Å². The maximum Gasteiger partial charge on any atom is 0.245 e. The first-order valence-corrected chi connectivity index (χ1v) is 5.77. The second-order valence-corrected chi connectivity index (χ2v) is 4.66. The van der Waals surface area contributed by atoms with Gasteiger partial charge in [-0.2, -0.15) is 5.26 Å². The Bertz CT molecular complexity index is 464. The summed E-state index contributed by atoms with van der Waals surface area (Å²) < 4.78 is 30.4. The third-order valence-electron chi connectivity index (χ3n) is 1.77. The number of aryl methyl sites for hydroxylation is 2. The van der Waals surface area contributed by atoms with Gasteiger partial charge in [-0.1, -0.05) is 5.16 Å². The first-order valence-electron chi connectivity index (χ1n) is 4.28. The highest BCUT2D eigenvalue weighted by Crippen LogP contribution is 2.18. The van der Waals surface area contributed by atoms with Gasteiger partial charge in [0.25, 0.3) is 0 Å². The van der Waals surface area contributed by atoms with Crippen molar-refractivity contribution >= 4 is 10.0 Å². The number of sulfonamides is 1. The van der Waals surface area contributed by atoms with Gasteiger partial charge in [-0.25, -0.2) is 13.1 Å². The maximum atomic E-state index is 11.7. The van der Waals surface area contributed by atoms with Crippen LogP contribution >= 0.6 is 0 Å². The third-order valence-corrected chi connectivity index (χ3v) is 3.47. The second-order valence-electron chi connectivity index (χ2n) is 2.96. The lowest BCUT2D eigenvalue weighted by Gasteiger charge is -2.03. The van der Waals surface area contributed by atoms with Crippen LogP contribution in [0.15, 0.2) is 9.42 Å². The van der Waals surface area contributed by atoms with Crippen LogP contribution in [0.25, 0.3) is 0 Å². The Morgan fingerprint density at radius 3 is 2.67 bits per heavy atom. The molecule has 82 valence electrons. The number of nitrogens with one attached hydrogen (secondary N) is 1. The van der Waals surface area contributed by atoms with Gasteiger partial charge in [0.2, 0.25) is 10.0 Å². The molecular weight excluding hydrogens is 218 g/mol. The van der Waals surface area contributed by atoms with Crippen molar-refractivity contribution in [1.29, 1.82) is 5.26 Å². The molecule has 0 atom stereocenters. The van der Waals surface area contributed by atoms with Gasteiger partial charge in [0, 0.05) is 13.0 Å². The molecule has 0 aliphatic heterocycles. The molecule has 0 aliphatic carbocycles. The molecule has 0 fully saturated rings. The van der Waals surface area contributed by atoms with Crippen LogP contribution in [0.3, 0.4) is 0 Å². The Hall–Kier alpha value is -1.39. The number of nitrogens with zero attached hydrogens (tertiary/aromatic N) is 2. The Balaban J connectivity index is 2.93. The summed E-state index contributed by atoms with van der Waals surface area (Å²) in [6.07, 6.45) is 0.128. The van der Waals surface area contributed by atoms with Crippen molar-refractivity contribution in [2.75, 3.05) is 6.54 Å². The third kappa shape index (κ3) is 2.55. The molecule has 0 saturated heterocycles. The fourth-order valence-corrected chi connectivity index (χ4v) is 2.53. The Morgan fingerprint density at radius 1 is 1.53 bits per heavy atom. The zero-order valence-electron chi connectivity index (χ0n) is 8.44. The number of hydrogen-bond donors (Lipinski definition) is 1. The van der Waals surface area contributed by atoms with Crippen LogP contribution in [-0.2, 0) is 10.0 Å². The highest BCUT2D eigenvalue weighted by molar-refractivity contribution is 7.89. The minimum atomic E-state index is -3.61. The fourth-order valence-electron chi connectivity index (χ4n) is 1.17. The van der Waals surface area contributed by atoms with Crippen molar-refractivity contribution in [3.63, 3.8) is 0 Å². The molecule has 0 radical (unpaired) electrons. The van der Waals surface area contributed by atoms with Gasteiger partial charge in [-0.3, -0.25) is 0 Å². The first kappa shape index (κ1) is 11.7. The quantitative estimate of drug-likeness (QED) is 0.757. The predicted molar refractivity (Wildman–Crippen MR) is 51.4 cm³/mol. The maximum absolute atomic E-state index is 11.7.